The third-order valence-electron chi connectivity index (χ3n) is 2.84. The summed E-state index contributed by atoms with van der Waals surface area (Å²) in [7, 11) is 0. The molecular formula is C12H19N5S. The van der Waals surface area contributed by atoms with Crippen LogP contribution in [-0.4, -0.2) is 14.5 Å². The van der Waals surface area contributed by atoms with Crippen molar-refractivity contribution in [1.82, 2.24) is 20.0 Å². The molecule has 0 amide bonds. The Labute approximate surface area is 111 Å². The van der Waals surface area contributed by atoms with Crippen LogP contribution in [0.2, 0.25) is 0 Å². The van der Waals surface area contributed by atoms with Gasteiger partial charge in [-0.25, -0.2) is 9.97 Å². The number of hydrogen-bond acceptors (Lipinski definition) is 5. The molecule has 2 rings (SSSR count). The van der Waals surface area contributed by atoms with Crippen molar-refractivity contribution in [3.63, 3.8) is 0 Å². The number of aromatic nitrogens is 3. The number of rotatable bonds is 6. The summed E-state index contributed by atoms with van der Waals surface area (Å²) in [5.41, 5.74) is 2.86. The third kappa shape index (κ3) is 2.95. The Morgan fingerprint density at radius 1 is 1.50 bits per heavy atom. The molecule has 0 aliphatic carbocycles. The Morgan fingerprint density at radius 2 is 2.33 bits per heavy atom. The zero-order valence-corrected chi connectivity index (χ0v) is 11.6. The maximum Gasteiger partial charge on any atom is 0.110 e. The van der Waals surface area contributed by atoms with Crippen LogP contribution >= 0.6 is 11.3 Å². The van der Waals surface area contributed by atoms with Crippen LogP contribution in [0.1, 0.15) is 35.1 Å². The number of nitrogens with two attached hydrogens (primary N) is 1. The van der Waals surface area contributed by atoms with E-state index < -0.39 is 0 Å². The summed E-state index contributed by atoms with van der Waals surface area (Å²) in [6, 6.07) is 0.0780. The van der Waals surface area contributed by atoms with E-state index in [1.807, 2.05) is 25.5 Å². The molecule has 2 aromatic heterocycles. The lowest BCUT2D eigenvalue weighted by molar-refractivity contribution is 0.523. The molecule has 0 aliphatic heterocycles. The second-order valence-electron chi connectivity index (χ2n) is 4.24. The molecular weight excluding hydrogens is 246 g/mol. The molecule has 0 fully saturated rings. The maximum atomic E-state index is 5.65. The number of hydrazine groups is 1. The number of hydrogen-bond donors (Lipinski definition) is 2. The fourth-order valence-corrected chi connectivity index (χ4v) is 2.78. The minimum Gasteiger partial charge on any atom is -0.335 e. The lowest BCUT2D eigenvalue weighted by Crippen LogP contribution is -2.29. The molecule has 0 bridgehead atoms. The lowest BCUT2D eigenvalue weighted by atomic mass is 10.2. The second kappa shape index (κ2) is 6.08. The Bertz CT molecular complexity index is 490. The van der Waals surface area contributed by atoms with Gasteiger partial charge in [-0.2, -0.15) is 0 Å². The lowest BCUT2D eigenvalue weighted by Gasteiger charge is -2.14. The summed E-state index contributed by atoms with van der Waals surface area (Å²) in [6.45, 7) is 5.16. The average molecular weight is 265 g/mol. The quantitative estimate of drug-likeness (QED) is 0.617. The molecule has 5 nitrogen and oxygen atoms in total. The van der Waals surface area contributed by atoms with Gasteiger partial charge in [-0.05, 0) is 13.3 Å². The van der Waals surface area contributed by atoms with Crippen molar-refractivity contribution in [3.05, 3.63) is 34.3 Å². The Morgan fingerprint density at radius 3 is 2.94 bits per heavy atom. The number of aryl methyl sites for hydroxylation is 2. The van der Waals surface area contributed by atoms with Crippen LogP contribution in [0, 0.1) is 6.92 Å². The van der Waals surface area contributed by atoms with Gasteiger partial charge in [0.25, 0.3) is 0 Å². The van der Waals surface area contributed by atoms with Crippen molar-refractivity contribution in [2.24, 2.45) is 5.84 Å². The largest absolute Gasteiger partial charge is 0.335 e. The zero-order valence-electron chi connectivity index (χ0n) is 10.8. The van der Waals surface area contributed by atoms with E-state index in [9.17, 15) is 0 Å². The highest BCUT2D eigenvalue weighted by Gasteiger charge is 2.16. The molecule has 0 aliphatic rings. The van der Waals surface area contributed by atoms with Crippen LogP contribution in [0.25, 0.3) is 0 Å². The van der Waals surface area contributed by atoms with Crippen molar-refractivity contribution in [3.8, 4) is 0 Å². The first-order valence-electron chi connectivity index (χ1n) is 6.13. The van der Waals surface area contributed by atoms with E-state index in [2.05, 4.69) is 26.9 Å². The Kier molecular flexibility index (Phi) is 4.46. The van der Waals surface area contributed by atoms with Crippen LogP contribution in [0.15, 0.2) is 18.6 Å². The van der Waals surface area contributed by atoms with Crippen LogP contribution in [0.4, 0.5) is 0 Å². The molecule has 18 heavy (non-hydrogen) atoms. The van der Waals surface area contributed by atoms with Crippen molar-refractivity contribution < 1.29 is 0 Å². The first-order valence-corrected chi connectivity index (χ1v) is 6.94. The molecule has 1 atom stereocenters. The van der Waals surface area contributed by atoms with Crippen LogP contribution in [0.3, 0.4) is 0 Å². The topological polar surface area (TPSA) is 68.8 Å². The number of imidazole rings is 1. The van der Waals surface area contributed by atoms with Gasteiger partial charge in [0.1, 0.15) is 5.82 Å². The van der Waals surface area contributed by atoms with Gasteiger partial charge < -0.3 is 4.57 Å². The average Bonchev–Trinajstić information content (AvgIpc) is 2.96. The van der Waals surface area contributed by atoms with E-state index in [1.165, 1.54) is 0 Å². The molecule has 1 unspecified atom stereocenters. The van der Waals surface area contributed by atoms with Crippen LogP contribution < -0.4 is 11.3 Å². The molecule has 0 spiro atoms. The van der Waals surface area contributed by atoms with E-state index in [0.717, 1.165) is 35.1 Å². The van der Waals surface area contributed by atoms with Crippen molar-refractivity contribution in [2.75, 3.05) is 0 Å². The fraction of sp³-hybridized carbons (Fsp3) is 0.500. The molecule has 2 aromatic rings. The Balaban J connectivity index is 2.12. The van der Waals surface area contributed by atoms with E-state index in [0.29, 0.717) is 0 Å². The molecule has 0 radical (unpaired) electrons. The summed E-state index contributed by atoms with van der Waals surface area (Å²) < 4.78 is 2.18. The number of thiazole rings is 1. The van der Waals surface area contributed by atoms with Crippen LogP contribution in [0.5, 0.6) is 0 Å². The van der Waals surface area contributed by atoms with Gasteiger partial charge in [-0.15, -0.1) is 11.3 Å². The Hall–Kier alpha value is -1.24. The smallest absolute Gasteiger partial charge is 0.110 e. The first kappa shape index (κ1) is 13.2. The van der Waals surface area contributed by atoms with Gasteiger partial charge in [0.15, 0.2) is 0 Å². The fourth-order valence-electron chi connectivity index (χ4n) is 1.94. The van der Waals surface area contributed by atoms with Gasteiger partial charge in [0, 0.05) is 36.4 Å². The van der Waals surface area contributed by atoms with Gasteiger partial charge in [0.2, 0.25) is 0 Å². The minimum absolute atomic E-state index is 0.0780. The van der Waals surface area contributed by atoms with E-state index in [4.69, 9.17) is 5.84 Å². The predicted octanol–water partition coefficient (Wildman–Crippen LogP) is 1.81. The van der Waals surface area contributed by atoms with Gasteiger partial charge in [-0.1, -0.05) is 6.92 Å². The zero-order chi connectivity index (χ0) is 13.0. The molecule has 0 saturated heterocycles. The summed E-state index contributed by atoms with van der Waals surface area (Å²) in [6.07, 6.45) is 7.63. The standard InChI is InChI=1S/C12H19N5S/c1-3-5-17-6-4-14-12(17)7-10(16-13)11-8-15-9(2)18-11/h4,6,8,10,16H,3,5,7,13H2,1-2H3. The number of nitrogens with one attached hydrogen (secondary N) is 1. The SMILES string of the molecule is CCCn1ccnc1CC(NN)c1cnc(C)s1. The molecule has 6 heteroatoms. The van der Waals surface area contributed by atoms with Gasteiger partial charge in [0.05, 0.1) is 11.0 Å². The van der Waals surface area contributed by atoms with E-state index in [-0.39, 0.29) is 6.04 Å². The predicted molar refractivity (Wildman–Crippen MR) is 73.1 cm³/mol. The van der Waals surface area contributed by atoms with E-state index >= 15 is 0 Å². The summed E-state index contributed by atoms with van der Waals surface area (Å²) in [5.74, 6) is 6.71. The molecule has 2 heterocycles. The molecule has 0 saturated carbocycles. The van der Waals surface area contributed by atoms with E-state index in [1.54, 1.807) is 11.3 Å². The van der Waals surface area contributed by atoms with Gasteiger partial charge >= 0.3 is 0 Å². The highest BCUT2D eigenvalue weighted by atomic mass is 32.1. The van der Waals surface area contributed by atoms with Crippen LogP contribution in [-0.2, 0) is 13.0 Å². The third-order valence-corrected chi connectivity index (χ3v) is 3.86. The summed E-state index contributed by atoms with van der Waals surface area (Å²) in [5, 5.41) is 1.06. The molecule has 0 aromatic carbocycles. The molecule has 3 N–H and O–H groups in total. The first-order chi connectivity index (χ1) is 8.74. The normalized spacial score (nSPS) is 12.8. The maximum absolute atomic E-state index is 5.65. The minimum atomic E-state index is 0.0780. The highest BCUT2D eigenvalue weighted by Crippen LogP contribution is 2.22. The van der Waals surface area contributed by atoms with Gasteiger partial charge in [-0.3, -0.25) is 11.3 Å². The monoisotopic (exact) mass is 265 g/mol. The highest BCUT2D eigenvalue weighted by molar-refractivity contribution is 7.11. The van der Waals surface area contributed by atoms with Crippen molar-refractivity contribution >= 4 is 11.3 Å². The summed E-state index contributed by atoms with van der Waals surface area (Å²) >= 11 is 1.67. The summed E-state index contributed by atoms with van der Waals surface area (Å²) in [4.78, 5) is 9.83. The second-order valence-corrected chi connectivity index (χ2v) is 5.51. The molecule has 98 valence electrons. The van der Waals surface area contributed by atoms with Crippen molar-refractivity contribution in [2.45, 2.75) is 39.3 Å². The van der Waals surface area contributed by atoms with Crippen molar-refractivity contribution in [1.29, 1.82) is 0 Å². The number of nitrogens with zero attached hydrogens (tertiary/aromatic N) is 3.